The van der Waals surface area contributed by atoms with Crippen LogP contribution in [0, 0.1) is 0 Å². The lowest BCUT2D eigenvalue weighted by Crippen LogP contribution is -2.44. The van der Waals surface area contributed by atoms with Gasteiger partial charge in [-0.1, -0.05) is 0 Å². The minimum absolute atomic E-state index is 0.0684. The summed E-state index contributed by atoms with van der Waals surface area (Å²) in [5.41, 5.74) is 2.27. The third kappa shape index (κ3) is 3.51. The normalized spacial score (nSPS) is 17.4. The molecule has 134 valence electrons. The first kappa shape index (κ1) is 16.5. The quantitative estimate of drug-likeness (QED) is 0.767. The first-order chi connectivity index (χ1) is 12.8. The Labute approximate surface area is 152 Å². The number of rotatable bonds is 5. The molecule has 26 heavy (non-hydrogen) atoms. The topological polar surface area (TPSA) is 79.7 Å². The van der Waals surface area contributed by atoms with Gasteiger partial charge in [0.05, 0.1) is 17.0 Å². The Kier molecular flexibility index (Phi) is 4.77. The van der Waals surface area contributed by atoms with E-state index in [-0.39, 0.29) is 11.9 Å². The molecule has 3 aromatic rings. The molecule has 0 bridgehead atoms. The van der Waals surface area contributed by atoms with Crippen LogP contribution in [0.15, 0.2) is 49.1 Å². The average molecular weight is 350 g/mol. The maximum atomic E-state index is 13.0. The summed E-state index contributed by atoms with van der Waals surface area (Å²) in [6.07, 6.45) is 11.3. The van der Waals surface area contributed by atoms with Crippen molar-refractivity contribution in [2.75, 3.05) is 6.54 Å². The van der Waals surface area contributed by atoms with E-state index in [0.29, 0.717) is 5.56 Å². The van der Waals surface area contributed by atoms with E-state index in [4.69, 9.17) is 0 Å². The summed E-state index contributed by atoms with van der Waals surface area (Å²) in [5.74, 6) is 0.0684. The van der Waals surface area contributed by atoms with Crippen LogP contribution in [0.2, 0.25) is 0 Å². The van der Waals surface area contributed by atoms with Crippen LogP contribution in [-0.4, -0.2) is 48.4 Å². The SMILES string of the molecule is O=C(c1ccc(-c2ccn[nH]2)nc1)N1CCCC[C@H]1CCn1cccn1. The average Bonchev–Trinajstić information content (AvgIpc) is 3.40. The second-order valence-electron chi connectivity index (χ2n) is 6.61. The molecule has 4 rings (SSSR count). The summed E-state index contributed by atoms with van der Waals surface area (Å²) in [6.45, 7) is 1.64. The molecule has 0 aliphatic carbocycles. The van der Waals surface area contributed by atoms with E-state index in [0.717, 1.165) is 43.7 Å². The highest BCUT2D eigenvalue weighted by Crippen LogP contribution is 2.23. The van der Waals surface area contributed by atoms with Gasteiger partial charge < -0.3 is 4.90 Å². The van der Waals surface area contributed by atoms with Gasteiger partial charge in [0.25, 0.3) is 5.91 Å². The molecule has 7 heteroatoms. The van der Waals surface area contributed by atoms with Crippen molar-refractivity contribution >= 4 is 5.91 Å². The number of carbonyl (C=O) groups is 1. The first-order valence-corrected chi connectivity index (χ1v) is 9.05. The summed E-state index contributed by atoms with van der Waals surface area (Å²) in [7, 11) is 0. The molecule has 1 saturated heterocycles. The fourth-order valence-corrected chi connectivity index (χ4v) is 3.53. The van der Waals surface area contributed by atoms with Gasteiger partial charge in [0, 0.05) is 43.9 Å². The molecule has 0 aromatic carbocycles. The van der Waals surface area contributed by atoms with Gasteiger partial charge in [-0.3, -0.25) is 19.6 Å². The number of hydrogen-bond acceptors (Lipinski definition) is 4. The maximum Gasteiger partial charge on any atom is 0.255 e. The Bertz CT molecular complexity index is 826. The van der Waals surface area contributed by atoms with Crippen LogP contribution in [0.25, 0.3) is 11.4 Å². The molecular formula is C19H22N6O. The van der Waals surface area contributed by atoms with Crippen LogP contribution in [0.4, 0.5) is 0 Å². The lowest BCUT2D eigenvalue weighted by molar-refractivity contribution is 0.0593. The highest BCUT2D eigenvalue weighted by Gasteiger charge is 2.27. The lowest BCUT2D eigenvalue weighted by atomic mass is 9.98. The van der Waals surface area contributed by atoms with Crippen molar-refractivity contribution in [2.45, 2.75) is 38.3 Å². The second kappa shape index (κ2) is 7.51. The van der Waals surface area contributed by atoms with Gasteiger partial charge in [-0.2, -0.15) is 10.2 Å². The Hall–Kier alpha value is -2.96. The Morgan fingerprint density at radius 2 is 2.19 bits per heavy atom. The molecule has 1 fully saturated rings. The van der Waals surface area contributed by atoms with E-state index in [1.807, 2.05) is 40.0 Å². The molecule has 1 N–H and O–H groups in total. The summed E-state index contributed by atoms with van der Waals surface area (Å²) >= 11 is 0. The molecule has 3 aromatic heterocycles. The van der Waals surface area contributed by atoms with Crippen LogP contribution in [0.5, 0.6) is 0 Å². The molecule has 0 unspecified atom stereocenters. The summed E-state index contributed by atoms with van der Waals surface area (Å²) in [5, 5.41) is 11.1. The number of pyridine rings is 1. The van der Waals surface area contributed by atoms with Crippen molar-refractivity contribution in [1.82, 2.24) is 29.9 Å². The van der Waals surface area contributed by atoms with Gasteiger partial charge in [0.2, 0.25) is 0 Å². The van der Waals surface area contributed by atoms with Crippen molar-refractivity contribution in [3.63, 3.8) is 0 Å². The van der Waals surface area contributed by atoms with E-state index in [2.05, 4.69) is 20.3 Å². The molecule has 1 amide bonds. The number of H-pyrrole nitrogens is 1. The van der Waals surface area contributed by atoms with Gasteiger partial charge in [0.15, 0.2) is 0 Å². The van der Waals surface area contributed by atoms with Crippen molar-refractivity contribution in [3.8, 4) is 11.4 Å². The monoisotopic (exact) mass is 350 g/mol. The minimum atomic E-state index is 0.0684. The van der Waals surface area contributed by atoms with Gasteiger partial charge in [-0.05, 0) is 49.9 Å². The number of aryl methyl sites for hydroxylation is 1. The maximum absolute atomic E-state index is 13.0. The van der Waals surface area contributed by atoms with Gasteiger partial charge >= 0.3 is 0 Å². The molecule has 7 nitrogen and oxygen atoms in total. The third-order valence-corrected chi connectivity index (χ3v) is 4.93. The smallest absolute Gasteiger partial charge is 0.255 e. The highest BCUT2D eigenvalue weighted by atomic mass is 16.2. The van der Waals surface area contributed by atoms with E-state index in [1.165, 1.54) is 6.42 Å². The van der Waals surface area contributed by atoms with Crippen molar-refractivity contribution in [3.05, 3.63) is 54.6 Å². The molecule has 1 aliphatic rings. The largest absolute Gasteiger partial charge is 0.336 e. The number of nitrogens with one attached hydrogen (secondary N) is 1. The fraction of sp³-hybridized carbons (Fsp3) is 0.368. The lowest BCUT2D eigenvalue weighted by Gasteiger charge is -2.36. The van der Waals surface area contributed by atoms with Gasteiger partial charge in [-0.25, -0.2) is 0 Å². The standard InChI is InChI=1S/C19H22N6O/c26-19(15-5-6-17(20-14-15)18-7-10-21-23-18)25-12-2-1-4-16(25)8-13-24-11-3-9-22-24/h3,5-7,9-11,14,16H,1-2,4,8,12-13H2,(H,21,23)/t16-/m0/s1. The zero-order valence-corrected chi connectivity index (χ0v) is 14.6. The number of aromatic amines is 1. The van der Waals surface area contributed by atoms with Crippen LogP contribution >= 0.6 is 0 Å². The second-order valence-corrected chi connectivity index (χ2v) is 6.61. The van der Waals surface area contributed by atoms with Crippen molar-refractivity contribution < 1.29 is 4.79 Å². The zero-order chi connectivity index (χ0) is 17.8. The number of nitrogens with zero attached hydrogens (tertiary/aromatic N) is 5. The van der Waals surface area contributed by atoms with Gasteiger partial charge in [0.1, 0.15) is 0 Å². The molecular weight excluding hydrogens is 328 g/mol. The molecule has 1 aliphatic heterocycles. The molecule has 0 spiro atoms. The zero-order valence-electron chi connectivity index (χ0n) is 14.6. The molecule has 0 saturated carbocycles. The van der Waals surface area contributed by atoms with Crippen molar-refractivity contribution in [1.29, 1.82) is 0 Å². The van der Waals surface area contributed by atoms with Crippen LogP contribution in [0.1, 0.15) is 36.0 Å². The predicted molar refractivity (Wildman–Crippen MR) is 97.3 cm³/mol. The van der Waals surface area contributed by atoms with Gasteiger partial charge in [-0.15, -0.1) is 0 Å². The Morgan fingerprint density at radius 1 is 1.23 bits per heavy atom. The molecule has 1 atom stereocenters. The summed E-state index contributed by atoms with van der Waals surface area (Å²) in [6, 6.07) is 7.76. The van der Waals surface area contributed by atoms with E-state index >= 15 is 0 Å². The highest BCUT2D eigenvalue weighted by molar-refractivity contribution is 5.94. The number of likely N-dealkylation sites (tertiary alicyclic amines) is 1. The predicted octanol–water partition coefficient (Wildman–Crippen LogP) is 2.75. The summed E-state index contributed by atoms with van der Waals surface area (Å²) in [4.78, 5) is 19.4. The van der Waals surface area contributed by atoms with Crippen molar-refractivity contribution in [2.24, 2.45) is 0 Å². The molecule has 0 radical (unpaired) electrons. The van der Waals surface area contributed by atoms with Crippen LogP contribution in [0.3, 0.4) is 0 Å². The number of carbonyl (C=O) groups excluding carboxylic acids is 1. The Morgan fingerprint density at radius 3 is 2.92 bits per heavy atom. The number of piperidine rings is 1. The first-order valence-electron chi connectivity index (χ1n) is 9.05. The van der Waals surface area contributed by atoms with E-state index < -0.39 is 0 Å². The fourth-order valence-electron chi connectivity index (χ4n) is 3.53. The molecule has 4 heterocycles. The minimum Gasteiger partial charge on any atom is -0.336 e. The van der Waals surface area contributed by atoms with Crippen LogP contribution in [-0.2, 0) is 6.54 Å². The number of hydrogen-bond donors (Lipinski definition) is 1. The van der Waals surface area contributed by atoms with E-state index in [1.54, 1.807) is 18.6 Å². The van der Waals surface area contributed by atoms with Crippen LogP contribution < -0.4 is 0 Å². The summed E-state index contributed by atoms with van der Waals surface area (Å²) < 4.78 is 1.93. The number of aromatic nitrogens is 5. The Balaban J connectivity index is 1.46. The van der Waals surface area contributed by atoms with E-state index in [9.17, 15) is 4.79 Å². The number of amides is 1. The third-order valence-electron chi connectivity index (χ3n) is 4.93.